The largest absolute Gasteiger partial charge is 0.352 e. The van der Waals surface area contributed by atoms with Crippen LogP contribution in [0.25, 0.3) is 22.4 Å². The Morgan fingerprint density at radius 1 is 1.06 bits per heavy atom. The van der Waals surface area contributed by atoms with Crippen molar-refractivity contribution in [3.8, 4) is 11.3 Å². The van der Waals surface area contributed by atoms with Crippen LogP contribution in [0.5, 0.6) is 0 Å². The Labute approximate surface area is 200 Å². The van der Waals surface area contributed by atoms with Gasteiger partial charge >= 0.3 is 0 Å². The van der Waals surface area contributed by atoms with E-state index in [9.17, 15) is 9.18 Å². The van der Waals surface area contributed by atoms with Crippen LogP contribution >= 0.6 is 11.6 Å². The molecule has 0 unspecified atom stereocenters. The smallest absolute Gasteiger partial charge is 0.220 e. The summed E-state index contributed by atoms with van der Waals surface area (Å²) >= 11 is 6.02. The zero-order valence-electron chi connectivity index (χ0n) is 18.7. The predicted molar refractivity (Wildman–Crippen MR) is 128 cm³/mol. The van der Waals surface area contributed by atoms with Crippen molar-refractivity contribution in [1.29, 1.82) is 0 Å². The van der Waals surface area contributed by atoms with Gasteiger partial charge in [0.1, 0.15) is 17.2 Å². The fraction of sp³-hybridized carbons (Fsp3) is 0.200. The number of fused-ring (bicyclic) bond motifs is 3. The number of aromatic nitrogens is 5. The Kier molecular flexibility index (Phi) is 5.75. The molecule has 1 amide bonds. The highest BCUT2D eigenvalue weighted by molar-refractivity contribution is 6.31. The summed E-state index contributed by atoms with van der Waals surface area (Å²) in [6.45, 7) is 4.40. The highest BCUT2D eigenvalue weighted by atomic mass is 35.5. The summed E-state index contributed by atoms with van der Waals surface area (Å²) < 4.78 is 16.8. The average Bonchev–Trinajstić information content (AvgIpc) is 3.43. The third-order valence-corrected chi connectivity index (χ3v) is 6.31. The lowest BCUT2D eigenvalue weighted by Gasteiger charge is -2.07. The normalized spacial score (nSPS) is 11.4. The van der Waals surface area contributed by atoms with Gasteiger partial charge in [-0.3, -0.25) is 9.20 Å². The van der Waals surface area contributed by atoms with Crippen molar-refractivity contribution in [3.05, 3.63) is 88.2 Å². The van der Waals surface area contributed by atoms with E-state index in [2.05, 4.69) is 47.6 Å². The fourth-order valence-corrected chi connectivity index (χ4v) is 4.08. The van der Waals surface area contributed by atoms with E-state index < -0.39 is 5.82 Å². The molecule has 5 aromatic rings. The lowest BCUT2D eigenvalue weighted by atomic mass is 10.0. The third kappa shape index (κ3) is 4.24. The van der Waals surface area contributed by atoms with Crippen molar-refractivity contribution in [3.63, 3.8) is 0 Å². The summed E-state index contributed by atoms with van der Waals surface area (Å²) in [4.78, 5) is 12.4. The van der Waals surface area contributed by atoms with Crippen molar-refractivity contribution in [2.24, 2.45) is 0 Å². The van der Waals surface area contributed by atoms with Gasteiger partial charge in [0.25, 0.3) is 0 Å². The molecule has 0 aliphatic rings. The van der Waals surface area contributed by atoms with E-state index in [-0.39, 0.29) is 23.9 Å². The van der Waals surface area contributed by atoms with E-state index >= 15 is 0 Å². The second-order valence-electron chi connectivity index (χ2n) is 8.28. The van der Waals surface area contributed by atoms with Gasteiger partial charge in [0.2, 0.25) is 5.91 Å². The Bertz CT molecular complexity index is 1540. The molecule has 0 saturated carbocycles. The number of carbonyl (C=O) groups excluding carboxylic acids is 1. The number of halogens is 2. The van der Waals surface area contributed by atoms with Gasteiger partial charge in [-0.25, -0.2) is 8.91 Å². The maximum Gasteiger partial charge on any atom is 0.220 e. The van der Waals surface area contributed by atoms with E-state index in [1.807, 2.05) is 22.9 Å². The number of benzene rings is 2. The molecule has 3 aromatic heterocycles. The molecule has 2 aromatic carbocycles. The van der Waals surface area contributed by atoms with Crippen molar-refractivity contribution < 1.29 is 9.18 Å². The molecule has 0 atom stereocenters. The first kappa shape index (κ1) is 22.0. The minimum Gasteiger partial charge on any atom is -0.352 e. The molecular formula is C25H22ClFN6O. The van der Waals surface area contributed by atoms with Gasteiger partial charge in [0.05, 0.1) is 5.69 Å². The molecule has 0 spiro atoms. The predicted octanol–water partition coefficient (Wildman–Crippen LogP) is 4.70. The number of aryl methyl sites for hydroxylation is 3. The molecule has 3 heterocycles. The van der Waals surface area contributed by atoms with Gasteiger partial charge in [0.15, 0.2) is 5.65 Å². The van der Waals surface area contributed by atoms with E-state index in [0.717, 1.165) is 16.8 Å². The van der Waals surface area contributed by atoms with Crippen LogP contribution in [-0.2, 0) is 17.8 Å². The molecule has 172 valence electrons. The summed E-state index contributed by atoms with van der Waals surface area (Å²) in [6.07, 6.45) is 4.36. The van der Waals surface area contributed by atoms with Crippen molar-refractivity contribution in [2.75, 3.05) is 0 Å². The summed E-state index contributed by atoms with van der Waals surface area (Å²) in [5, 5.41) is 16.4. The van der Waals surface area contributed by atoms with Gasteiger partial charge in [-0.05, 0) is 54.8 Å². The van der Waals surface area contributed by atoms with Crippen molar-refractivity contribution >= 4 is 28.7 Å². The molecular weight excluding hydrogens is 455 g/mol. The molecule has 0 radical (unpaired) electrons. The molecule has 9 heteroatoms. The monoisotopic (exact) mass is 476 g/mol. The number of carbonyl (C=O) groups is 1. The fourth-order valence-electron chi connectivity index (χ4n) is 3.84. The van der Waals surface area contributed by atoms with Gasteiger partial charge in [-0.2, -0.15) is 5.10 Å². The highest BCUT2D eigenvalue weighted by Gasteiger charge is 2.14. The quantitative estimate of drug-likeness (QED) is 0.385. The lowest BCUT2D eigenvalue weighted by molar-refractivity contribution is -0.121. The molecule has 34 heavy (non-hydrogen) atoms. The summed E-state index contributed by atoms with van der Waals surface area (Å²) in [5.41, 5.74) is 6.53. The van der Waals surface area contributed by atoms with Crippen molar-refractivity contribution in [1.82, 2.24) is 29.5 Å². The van der Waals surface area contributed by atoms with Crippen LogP contribution in [-0.4, -0.2) is 30.1 Å². The Morgan fingerprint density at radius 2 is 1.91 bits per heavy atom. The highest BCUT2D eigenvalue weighted by Crippen LogP contribution is 2.24. The molecule has 0 aliphatic heterocycles. The number of rotatable bonds is 6. The maximum absolute atomic E-state index is 13.2. The minimum absolute atomic E-state index is 0.153. The number of amides is 1. The van der Waals surface area contributed by atoms with E-state index in [4.69, 9.17) is 16.7 Å². The Balaban J connectivity index is 1.31. The number of hydrogen-bond acceptors (Lipinski definition) is 4. The van der Waals surface area contributed by atoms with Crippen LogP contribution in [0.15, 0.2) is 54.9 Å². The first-order valence-corrected chi connectivity index (χ1v) is 11.3. The lowest BCUT2D eigenvalue weighted by Crippen LogP contribution is -2.23. The van der Waals surface area contributed by atoms with Gasteiger partial charge in [0, 0.05) is 42.4 Å². The van der Waals surface area contributed by atoms with Crippen LogP contribution in [0.4, 0.5) is 4.39 Å². The molecule has 7 nitrogen and oxygen atoms in total. The summed E-state index contributed by atoms with van der Waals surface area (Å²) in [5.74, 6) is 0.119. The number of nitrogens with zero attached hydrogens (tertiary/aromatic N) is 5. The molecule has 0 aliphatic carbocycles. The number of nitrogens with one attached hydrogen (secondary N) is 1. The zero-order chi connectivity index (χ0) is 23.8. The van der Waals surface area contributed by atoms with Gasteiger partial charge < -0.3 is 5.32 Å². The molecule has 0 bridgehead atoms. The maximum atomic E-state index is 13.2. The molecule has 0 fully saturated rings. The van der Waals surface area contributed by atoms with E-state index in [0.29, 0.717) is 23.5 Å². The Hall–Kier alpha value is -3.78. The topological polar surface area (TPSA) is 76.6 Å². The standard InChI is InChI=1S/C25H22ClFN6O/c1-15-3-4-17(11-16(15)2)21-13-22-25-30-29-23(32(25)9-10-33(22)31-21)7-8-24(34)28-14-18-5-6-19(27)12-20(18)26/h3-6,9-13H,7-8,14H2,1-2H3,(H,28,34). The van der Waals surface area contributed by atoms with Gasteiger partial charge in [-0.15, -0.1) is 10.2 Å². The first-order chi connectivity index (χ1) is 16.4. The van der Waals surface area contributed by atoms with E-state index in [1.165, 1.54) is 23.3 Å². The zero-order valence-corrected chi connectivity index (χ0v) is 19.5. The van der Waals surface area contributed by atoms with Gasteiger partial charge in [-0.1, -0.05) is 29.8 Å². The second kappa shape index (κ2) is 8.87. The van der Waals surface area contributed by atoms with E-state index in [1.54, 1.807) is 10.6 Å². The SMILES string of the molecule is Cc1ccc(-c2cc3c4nnc(CCC(=O)NCc5ccc(F)cc5Cl)n4ccn3n2)cc1C. The van der Waals surface area contributed by atoms with Crippen LogP contribution in [0.3, 0.4) is 0 Å². The average molecular weight is 477 g/mol. The Morgan fingerprint density at radius 3 is 2.71 bits per heavy atom. The third-order valence-electron chi connectivity index (χ3n) is 5.96. The van der Waals surface area contributed by atoms with Crippen LogP contribution in [0.2, 0.25) is 5.02 Å². The number of hydrogen-bond donors (Lipinski definition) is 1. The summed E-state index contributed by atoms with van der Waals surface area (Å²) in [6, 6.07) is 12.4. The molecule has 0 saturated heterocycles. The minimum atomic E-state index is -0.410. The van der Waals surface area contributed by atoms with Crippen molar-refractivity contribution in [2.45, 2.75) is 33.2 Å². The second-order valence-corrected chi connectivity index (χ2v) is 8.69. The first-order valence-electron chi connectivity index (χ1n) is 10.9. The van der Waals surface area contributed by atoms with Crippen LogP contribution in [0, 0.1) is 19.7 Å². The molecule has 1 N–H and O–H groups in total. The summed E-state index contributed by atoms with van der Waals surface area (Å²) in [7, 11) is 0. The molecule has 5 rings (SSSR count). The van der Waals surface area contributed by atoms with Crippen LogP contribution < -0.4 is 5.32 Å². The van der Waals surface area contributed by atoms with Crippen LogP contribution in [0.1, 0.15) is 28.9 Å².